The average Bonchev–Trinajstić information content (AvgIpc) is 3.30. The Labute approximate surface area is 397 Å². The lowest BCUT2D eigenvalue weighted by Crippen LogP contribution is -2.30. The lowest BCUT2D eigenvalue weighted by molar-refractivity contribution is -0.162. The number of unbranched alkanes of at least 4 members (excludes halogenated alkanes) is 27. The molecule has 0 fully saturated rings. The zero-order valence-electron chi connectivity index (χ0n) is 42.5. The third-order valence-corrected chi connectivity index (χ3v) is 11.7. The minimum atomic E-state index is -0.578. The molecule has 0 amide bonds. The highest BCUT2D eigenvalue weighted by Crippen LogP contribution is 2.15. The van der Waals surface area contributed by atoms with Gasteiger partial charge >= 0.3 is 11.9 Å². The SMILES string of the molecule is CCCCC/C=C\C/C=C\C/C=C\CCCCC(=O)OC[C@@H](COCCCCCCCCCCCCCCCCCC)OC(=O)CCC/C=C\C/C=C\C/C=C\CCCCCCCC. The molecular formula is C59H104O5. The second-order valence-electron chi connectivity index (χ2n) is 18.1. The molecule has 0 rings (SSSR count). The van der Waals surface area contributed by atoms with Crippen molar-refractivity contribution in [3.8, 4) is 0 Å². The predicted octanol–water partition coefficient (Wildman–Crippen LogP) is 18.7. The van der Waals surface area contributed by atoms with Crippen LogP contribution in [0, 0.1) is 0 Å². The van der Waals surface area contributed by atoms with E-state index in [1.165, 1.54) is 161 Å². The number of carbonyl (C=O) groups excluding carboxylic acids is 2. The summed E-state index contributed by atoms with van der Waals surface area (Å²) in [5.74, 6) is -0.495. The Hall–Kier alpha value is -2.66. The van der Waals surface area contributed by atoms with Gasteiger partial charge in [-0.15, -0.1) is 0 Å². The van der Waals surface area contributed by atoms with Gasteiger partial charge in [0.15, 0.2) is 6.10 Å². The van der Waals surface area contributed by atoms with E-state index >= 15 is 0 Å². The molecule has 370 valence electrons. The second kappa shape index (κ2) is 54.7. The number of allylic oxidation sites excluding steroid dienone is 12. The minimum absolute atomic E-state index is 0.0458. The van der Waals surface area contributed by atoms with Crippen LogP contribution < -0.4 is 0 Å². The van der Waals surface area contributed by atoms with Gasteiger partial charge in [0.05, 0.1) is 6.61 Å². The monoisotopic (exact) mass is 893 g/mol. The van der Waals surface area contributed by atoms with Crippen LogP contribution in [0.3, 0.4) is 0 Å². The Balaban J connectivity index is 4.40. The van der Waals surface area contributed by atoms with E-state index in [9.17, 15) is 9.59 Å². The van der Waals surface area contributed by atoms with Crippen LogP contribution in [0.5, 0.6) is 0 Å². The summed E-state index contributed by atoms with van der Waals surface area (Å²) in [4.78, 5) is 25.4. The number of hydrogen-bond donors (Lipinski definition) is 0. The molecule has 0 bridgehead atoms. The molecule has 64 heavy (non-hydrogen) atoms. The van der Waals surface area contributed by atoms with Crippen LogP contribution in [-0.4, -0.2) is 37.9 Å². The van der Waals surface area contributed by atoms with Crippen molar-refractivity contribution in [3.63, 3.8) is 0 Å². The maximum Gasteiger partial charge on any atom is 0.306 e. The highest BCUT2D eigenvalue weighted by molar-refractivity contribution is 5.70. The molecule has 0 aromatic heterocycles. The van der Waals surface area contributed by atoms with Crippen LogP contribution in [0.15, 0.2) is 72.9 Å². The quantitative estimate of drug-likeness (QED) is 0.0346. The van der Waals surface area contributed by atoms with Gasteiger partial charge in [0.1, 0.15) is 6.61 Å². The fourth-order valence-electron chi connectivity index (χ4n) is 7.59. The van der Waals surface area contributed by atoms with Gasteiger partial charge in [-0.1, -0.05) is 235 Å². The minimum Gasteiger partial charge on any atom is -0.462 e. The summed E-state index contributed by atoms with van der Waals surface area (Å²) in [7, 11) is 0. The third kappa shape index (κ3) is 52.0. The molecule has 1 atom stereocenters. The van der Waals surface area contributed by atoms with Gasteiger partial charge in [0.25, 0.3) is 0 Å². The molecular weight excluding hydrogens is 789 g/mol. The van der Waals surface area contributed by atoms with Crippen molar-refractivity contribution in [1.29, 1.82) is 0 Å². The maximum absolute atomic E-state index is 12.8. The van der Waals surface area contributed by atoms with E-state index in [2.05, 4.69) is 93.7 Å². The summed E-state index contributed by atoms with van der Waals surface area (Å²) >= 11 is 0. The van der Waals surface area contributed by atoms with Crippen LogP contribution in [0.1, 0.15) is 265 Å². The zero-order valence-corrected chi connectivity index (χ0v) is 42.5. The lowest BCUT2D eigenvalue weighted by atomic mass is 10.0. The molecule has 0 heterocycles. The Bertz CT molecular complexity index is 1150. The number of ether oxygens (including phenoxy) is 3. The lowest BCUT2D eigenvalue weighted by Gasteiger charge is -2.18. The first-order valence-electron chi connectivity index (χ1n) is 27.5. The van der Waals surface area contributed by atoms with Gasteiger partial charge in [-0.2, -0.15) is 0 Å². The van der Waals surface area contributed by atoms with Gasteiger partial charge in [-0.3, -0.25) is 9.59 Å². The first-order valence-corrected chi connectivity index (χ1v) is 27.5. The van der Waals surface area contributed by atoms with E-state index in [1.54, 1.807) is 0 Å². The van der Waals surface area contributed by atoms with Gasteiger partial charge in [0, 0.05) is 19.4 Å². The Morgan fingerprint density at radius 3 is 1.12 bits per heavy atom. The largest absolute Gasteiger partial charge is 0.462 e. The normalized spacial score (nSPS) is 12.7. The van der Waals surface area contributed by atoms with Gasteiger partial charge < -0.3 is 14.2 Å². The summed E-state index contributed by atoms with van der Waals surface area (Å²) in [6.45, 7) is 7.73. The fourth-order valence-corrected chi connectivity index (χ4v) is 7.59. The van der Waals surface area contributed by atoms with Crippen molar-refractivity contribution in [1.82, 2.24) is 0 Å². The first kappa shape index (κ1) is 61.3. The molecule has 5 heteroatoms. The second-order valence-corrected chi connectivity index (χ2v) is 18.1. The molecule has 0 aromatic rings. The summed E-state index contributed by atoms with van der Waals surface area (Å²) in [6.07, 6.45) is 70.7. The molecule has 0 radical (unpaired) electrons. The summed E-state index contributed by atoms with van der Waals surface area (Å²) in [5.41, 5.74) is 0. The molecule has 0 saturated heterocycles. The van der Waals surface area contributed by atoms with Crippen LogP contribution in [0.25, 0.3) is 0 Å². The number of rotatable bonds is 50. The summed E-state index contributed by atoms with van der Waals surface area (Å²) in [5, 5.41) is 0. The third-order valence-electron chi connectivity index (χ3n) is 11.7. The summed E-state index contributed by atoms with van der Waals surface area (Å²) < 4.78 is 17.4. The van der Waals surface area contributed by atoms with Crippen LogP contribution in [-0.2, 0) is 23.8 Å². The van der Waals surface area contributed by atoms with E-state index in [1.807, 2.05) is 0 Å². The Morgan fingerprint density at radius 1 is 0.344 bits per heavy atom. The van der Waals surface area contributed by atoms with Crippen LogP contribution >= 0.6 is 0 Å². The number of hydrogen-bond acceptors (Lipinski definition) is 5. The van der Waals surface area contributed by atoms with E-state index in [-0.39, 0.29) is 25.2 Å². The van der Waals surface area contributed by atoms with Gasteiger partial charge in [0.2, 0.25) is 0 Å². The average molecular weight is 893 g/mol. The highest BCUT2D eigenvalue weighted by Gasteiger charge is 2.17. The Kier molecular flexibility index (Phi) is 52.4. The number of carbonyl (C=O) groups is 2. The van der Waals surface area contributed by atoms with Crippen LogP contribution in [0.2, 0.25) is 0 Å². The molecule has 0 aliphatic heterocycles. The topological polar surface area (TPSA) is 61.8 Å². The first-order chi connectivity index (χ1) is 31.6. The van der Waals surface area contributed by atoms with Crippen molar-refractivity contribution >= 4 is 11.9 Å². The smallest absolute Gasteiger partial charge is 0.306 e. The van der Waals surface area contributed by atoms with E-state index < -0.39 is 6.10 Å². The van der Waals surface area contributed by atoms with E-state index in [0.29, 0.717) is 19.4 Å². The Morgan fingerprint density at radius 2 is 0.672 bits per heavy atom. The zero-order chi connectivity index (χ0) is 46.3. The molecule has 0 N–H and O–H groups in total. The van der Waals surface area contributed by atoms with E-state index in [0.717, 1.165) is 70.6 Å². The summed E-state index contributed by atoms with van der Waals surface area (Å²) in [6, 6.07) is 0. The molecule has 5 nitrogen and oxygen atoms in total. The van der Waals surface area contributed by atoms with Crippen molar-refractivity contribution in [2.45, 2.75) is 271 Å². The maximum atomic E-state index is 12.8. The van der Waals surface area contributed by atoms with Gasteiger partial charge in [-0.05, 0) is 89.9 Å². The molecule has 0 saturated carbocycles. The number of esters is 2. The molecule has 0 unspecified atom stereocenters. The van der Waals surface area contributed by atoms with Crippen molar-refractivity contribution in [3.05, 3.63) is 72.9 Å². The van der Waals surface area contributed by atoms with Crippen molar-refractivity contribution in [2.24, 2.45) is 0 Å². The fraction of sp³-hybridized carbons (Fsp3) is 0.763. The molecule has 0 aliphatic rings. The van der Waals surface area contributed by atoms with Crippen LogP contribution in [0.4, 0.5) is 0 Å². The molecule has 0 aromatic carbocycles. The van der Waals surface area contributed by atoms with E-state index in [4.69, 9.17) is 14.2 Å². The molecule has 0 spiro atoms. The standard InChI is InChI=1S/C59H104O5/c1-4-7-10-13-16-19-22-25-28-30-32-35-38-41-44-47-50-53-59(61)64-57(55-62-54-51-48-45-42-39-36-33-29-26-23-20-17-14-11-8-5-2)56-63-58(60)52-49-46-43-40-37-34-31-27-24-21-18-15-12-9-6-3/h18,21,25,27-28,31-32,35,37,40-41,44,57H,4-17,19-20,22-24,26,29-30,33-34,36,38-39,42-43,45-56H2,1-3H3/b21-18-,28-25-,31-27-,35-32-,40-37-,44-41-/t57-/m1/s1. The molecule has 0 aliphatic carbocycles. The van der Waals surface area contributed by atoms with Crippen molar-refractivity contribution in [2.75, 3.05) is 19.8 Å². The van der Waals surface area contributed by atoms with Gasteiger partial charge in [-0.25, -0.2) is 0 Å². The highest BCUT2D eigenvalue weighted by atomic mass is 16.6. The predicted molar refractivity (Wildman–Crippen MR) is 279 cm³/mol. The van der Waals surface area contributed by atoms with Crippen molar-refractivity contribution < 1.29 is 23.8 Å².